The van der Waals surface area contributed by atoms with Gasteiger partial charge >= 0.3 is 5.97 Å². The fourth-order valence-electron chi connectivity index (χ4n) is 3.28. The molecule has 0 radical (unpaired) electrons. The van der Waals surface area contributed by atoms with Gasteiger partial charge in [0.25, 0.3) is 0 Å². The molecule has 0 heterocycles. The molecule has 0 aliphatic rings. The Morgan fingerprint density at radius 2 is 1.61 bits per heavy atom. The summed E-state index contributed by atoms with van der Waals surface area (Å²) in [6, 6.07) is 19.3. The predicted octanol–water partition coefficient (Wildman–Crippen LogP) is 3.90. The van der Waals surface area contributed by atoms with Gasteiger partial charge in [0, 0.05) is 6.42 Å². The van der Waals surface area contributed by atoms with Crippen molar-refractivity contribution in [1.29, 1.82) is 0 Å². The minimum Gasteiger partial charge on any atom is -0.467 e. The Kier molecular flexibility index (Phi) is 6.09. The third-order valence-corrected chi connectivity index (χ3v) is 5.01. The van der Waals surface area contributed by atoms with E-state index in [-0.39, 0.29) is 12.3 Å². The van der Waals surface area contributed by atoms with Crippen molar-refractivity contribution >= 4 is 22.6 Å². The number of benzene rings is 3. The molecule has 144 valence electrons. The normalized spacial score (nSPS) is 11.8. The van der Waals surface area contributed by atoms with E-state index in [1.54, 1.807) is 0 Å². The summed E-state index contributed by atoms with van der Waals surface area (Å²) in [7, 11) is 1.34. The highest BCUT2D eigenvalue weighted by Gasteiger charge is 2.22. The summed E-state index contributed by atoms with van der Waals surface area (Å²) in [5.41, 5.74) is 4.25. The SMILES string of the molecule is COC(=O)[C@@H](Cc1ccc(C)c(C)c1)NC(=O)Cc1ccc2ccccc2c1. The van der Waals surface area contributed by atoms with Crippen LogP contribution >= 0.6 is 0 Å². The van der Waals surface area contributed by atoms with Crippen LogP contribution in [0.5, 0.6) is 0 Å². The number of hydrogen-bond donors (Lipinski definition) is 1. The number of amides is 1. The molecule has 3 aromatic carbocycles. The van der Waals surface area contributed by atoms with Crippen LogP contribution in [0, 0.1) is 13.8 Å². The average molecular weight is 375 g/mol. The first kappa shape index (κ1) is 19.6. The molecule has 4 heteroatoms. The molecule has 1 N–H and O–H groups in total. The Morgan fingerprint density at radius 3 is 2.32 bits per heavy atom. The Morgan fingerprint density at radius 1 is 0.893 bits per heavy atom. The molecule has 0 saturated heterocycles. The molecule has 1 amide bonds. The lowest BCUT2D eigenvalue weighted by Crippen LogP contribution is -2.43. The van der Waals surface area contributed by atoms with Gasteiger partial charge in [0.2, 0.25) is 5.91 Å². The zero-order valence-electron chi connectivity index (χ0n) is 16.5. The number of hydrogen-bond acceptors (Lipinski definition) is 3. The van der Waals surface area contributed by atoms with Crippen molar-refractivity contribution < 1.29 is 14.3 Å². The smallest absolute Gasteiger partial charge is 0.328 e. The van der Waals surface area contributed by atoms with Gasteiger partial charge in [-0.25, -0.2) is 4.79 Å². The maximum absolute atomic E-state index is 12.6. The van der Waals surface area contributed by atoms with Gasteiger partial charge in [-0.3, -0.25) is 4.79 Å². The summed E-state index contributed by atoms with van der Waals surface area (Å²) in [6.07, 6.45) is 0.614. The number of ether oxygens (including phenoxy) is 1. The molecule has 1 atom stereocenters. The fraction of sp³-hybridized carbons (Fsp3) is 0.250. The summed E-state index contributed by atoms with van der Waals surface area (Å²) < 4.78 is 4.89. The van der Waals surface area contributed by atoms with Crippen LogP contribution in [-0.2, 0) is 27.2 Å². The maximum atomic E-state index is 12.6. The molecule has 28 heavy (non-hydrogen) atoms. The first-order chi connectivity index (χ1) is 13.5. The lowest BCUT2D eigenvalue weighted by Gasteiger charge is -2.17. The molecular weight excluding hydrogens is 350 g/mol. The molecular formula is C24H25NO3. The van der Waals surface area contributed by atoms with Crippen molar-refractivity contribution in [2.45, 2.75) is 32.7 Å². The molecule has 3 aromatic rings. The number of carbonyl (C=O) groups is 2. The molecule has 0 aliphatic heterocycles. The Labute approximate surface area is 165 Å². The Balaban J connectivity index is 1.71. The number of fused-ring (bicyclic) bond motifs is 1. The quantitative estimate of drug-likeness (QED) is 0.665. The van der Waals surface area contributed by atoms with E-state index < -0.39 is 12.0 Å². The summed E-state index contributed by atoms with van der Waals surface area (Å²) in [6.45, 7) is 4.08. The van der Waals surface area contributed by atoms with E-state index in [4.69, 9.17) is 4.74 Å². The molecule has 0 bridgehead atoms. The lowest BCUT2D eigenvalue weighted by molar-refractivity contribution is -0.145. The fourth-order valence-corrected chi connectivity index (χ4v) is 3.28. The minimum absolute atomic E-state index is 0.200. The van der Waals surface area contributed by atoms with Gasteiger partial charge in [0.1, 0.15) is 6.04 Å². The summed E-state index contributed by atoms with van der Waals surface area (Å²) in [4.78, 5) is 24.8. The maximum Gasteiger partial charge on any atom is 0.328 e. The molecule has 0 fully saturated rings. The predicted molar refractivity (Wildman–Crippen MR) is 111 cm³/mol. The molecule has 0 spiro atoms. The van der Waals surface area contributed by atoms with E-state index >= 15 is 0 Å². The first-order valence-corrected chi connectivity index (χ1v) is 9.37. The lowest BCUT2D eigenvalue weighted by atomic mass is 10.0. The number of methoxy groups -OCH3 is 1. The van der Waals surface area contributed by atoms with Crippen molar-refractivity contribution in [3.05, 3.63) is 82.9 Å². The van der Waals surface area contributed by atoms with E-state index in [1.165, 1.54) is 12.7 Å². The molecule has 0 saturated carbocycles. The molecule has 3 rings (SSSR count). The second-order valence-corrected chi connectivity index (χ2v) is 7.12. The van der Waals surface area contributed by atoms with Crippen molar-refractivity contribution in [2.24, 2.45) is 0 Å². The van der Waals surface area contributed by atoms with Gasteiger partial charge < -0.3 is 10.1 Å². The summed E-state index contributed by atoms with van der Waals surface area (Å²) >= 11 is 0. The van der Waals surface area contributed by atoms with E-state index in [0.29, 0.717) is 6.42 Å². The van der Waals surface area contributed by atoms with E-state index in [0.717, 1.165) is 27.5 Å². The van der Waals surface area contributed by atoms with Crippen LogP contribution in [0.15, 0.2) is 60.7 Å². The van der Waals surface area contributed by atoms with Gasteiger partial charge in [-0.1, -0.05) is 60.7 Å². The summed E-state index contributed by atoms with van der Waals surface area (Å²) in [5, 5.41) is 5.06. The van der Waals surface area contributed by atoms with Crippen molar-refractivity contribution in [1.82, 2.24) is 5.32 Å². The average Bonchev–Trinajstić information content (AvgIpc) is 2.69. The zero-order chi connectivity index (χ0) is 20.1. The number of nitrogens with one attached hydrogen (secondary N) is 1. The van der Waals surface area contributed by atoms with E-state index in [2.05, 4.69) is 5.32 Å². The number of rotatable bonds is 6. The van der Waals surface area contributed by atoms with Gasteiger partial charge in [-0.2, -0.15) is 0 Å². The van der Waals surface area contributed by atoms with Crippen molar-refractivity contribution in [2.75, 3.05) is 7.11 Å². The second kappa shape index (κ2) is 8.70. The van der Waals surface area contributed by atoms with Gasteiger partial charge in [0.05, 0.1) is 13.5 Å². The van der Waals surface area contributed by atoms with Crippen molar-refractivity contribution in [3.8, 4) is 0 Å². The standard InChI is InChI=1S/C24H25NO3/c1-16-8-9-18(12-17(16)2)14-22(24(27)28-3)25-23(26)15-19-10-11-20-6-4-5-7-21(20)13-19/h4-13,22H,14-15H2,1-3H3,(H,25,26)/t22-/m1/s1. The summed E-state index contributed by atoms with van der Waals surface area (Å²) in [5.74, 6) is -0.639. The van der Waals surface area contributed by atoms with Gasteiger partial charge in [-0.15, -0.1) is 0 Å². The number of esters is 1. The highest BCUT2D eigenvalue weighted by Crippen LogP contribution is 2.16. The first-order valence-electron chi connectivity index (χ1n) is 9.37. The van der Waals surface area contributed by atoms with Gasteiger partial charge in [0.15, 0.2) is 0 Å². The zero-order valence-corrected chi connectivity index (χ0v) is 16.5. The van der Waals surface area contributed by atoms with Crippen LogP contribution in [-0.4, -0.2) is 25.0 Å². The molecule has 0 aromatic heterocycles. The minimum atomic E-state index is -0.708. The van der Waals surface area contributed by atoms with Crippen molar-refractivity contribution in [3.63, 3.8) is 0 Å². The molecule has 4 nitrogen and oxygen atoms in total. The van der Waals surface area contributed by atoms with Gasteiger partial charge in [-0.05, 0) is 46.9 Å². The topological polar surface area (TPSA) is 55.4 Å². The van der Waals surface area contributed by atoms with E-state index in [1.807, 2.05) is 74.5 Å². The highest BCUT2D eigenvalue weighted by atomic mass is 16.5. The van der Waals surface area contributed by atoms with Crippen LogP contribution in [0.25, 0.3) is 10.8 Å². The molecule has 0 aliphatic carbocycles. The largest absolute Gasteiger partial charge is 0.467 e. The second-order valence-electron chi connectivity index (χ2n) is 7.12. The third-order valence-electron chi connectivity index (χ3n) is 5.01. The number of aryl methyl sites for hydroxylation is 2. The monoisotopic (exact) mass is 375 g/mol. The van der Waals surface area contributed by atoms with Crippen LogP contribution in [0.1, 0.15) is 22.3 Å². The highest BCUT2D eigenvalue weighted by molar-refractivity contribution is 5.88. The van der Waals surface area contributed by atoms with Crippen LogP contribution < -0.4 is 5.32 Å². The Hall–Kier alpha value is -3.14. The third kappa shape index (κ3) is 4.77. The number of carbonyl (C=O) groups excluding carboxylic acids is 2. The van der Waals surface area contributed by atoms with E-state index in [9.17, 15) is 9.59 Å². The van der Waals surface area contributed by atoms with Crippen LogP contribution in [0.4, 0.5) is 0 Å². The van der Waals surface area contributed by atoms with Crippen LogP contribution in [0.2, 0.25) is 0 Å². The Bertz CT molecular complexity index is 1010. The molecule has 0 unspecified atom stereocenters. The van der Waals surface area contributed by atoms with Crippen LogP contribution in [0.3, 0.4) is 0 Å².